The monoisotopic (exact) mass is 198 g/mol. The zero-order valence-electron chi connectivity index (χ0n) is 9.58. The van der Waals surface area contributed by atoms with E-state index in [2.05, 4.69) is 0 Å². The van der Waals surface area contributed by atoms with Crippen LogP contribution in [0, 0.1) is 11.8 Å². The average molecular weight is 198 g/mol. The third-order valence-corrected chi connectivity index (χ3v) is 2.77. The van der Waals surface area contributed by atoms with E-state index < -0.39 is 0 Å². The van der Waals surface area contributed by atoms with Crippen molar-refractivity contribution in [2.75, 3.05) is 0 Å². The van der Waals surface area contributed by atoms with Gasteiger partial charge in [-0.1, -0.05) is 20.8 Å². The Balaban J connectivity index is 0.000000791. The van der Waals surface area contributed by atoms with Crippen LogP contribution in [-0.4, -0.2) is 12.1 Å². The summed E-state index contributed by atoms with van der Waals surface area (Å²) in [6.45, 7) is 5.91. The molecule has 1 fully saturated rings. The third kappa shape index (κ3) is 4.03. The van der Waals surface area contributed by atoms with E-state index in [1.807, 2.05) is 20.8 Å². The molecule has 14 heavy (non-hydrogen) atoms. The Kier molecular flexibility index (Phi) is 7.35. The first-order valence-electron chi connectivity index (χ1n) is 5.76. The molecular weight excluding hydrogens is 176 g/mol. The first-order chi connectivity index (χ1) is 6.77. The zero-order chi connectivity index (χ0) is 11.0. The fraction of sp³-hybridized carbons (Fsp3) is 0.833. The van der Waals surface area contributed by atoms with Crippen LogP contribution in [0.25, 0.3) is 0 Å². The molecule has 0 saturated heterocycles. The van der Waals surface area contributed by atoms with E-state index >= 15 is 0 Å². The summed E-state index contributed by atoms with van der Waals surface area (Å²) < 4.78 is 0. The molecule has 0 aliphatic heterocycles. The van der Waals surface area contributed by atoms with Gasteiger partial charge in [0.15, 0.2) is 0 Å². The smallest absolute Gasteiger partial charge is 0.135 e. The van der Waals surface area contributed by atoms with E-state index in [1.54, 1.807) is 0 Å². The minimum absolute atomic E-state index is 0.228. The maximum absolute atomic E-state index is 11.3. The first kappa shape index (κ1) is 13.3. The normalized spacial score (nSPS) is 25.9. The van der Waals surface area contributed by atoms with Crippen molar-refractivity contribution in [3.8, 4) is 0 Å². The first-order valence-corrected chi connectivity index (χ1v) is 5.76. The lowest BCUT2D eigenvalue weighted by atomic mass is 9.80. The third-order valence-electron chi connectivity index (χ3n) is 2.77. The number of carbonyl (C=O) groups excluding carboxylic acids is 2. The van der Waals surface area contributed by atoms with E-state index in [0.717, 1.165) is 32.0 Å². The van der Waals surface area contributed by atoms with Crippen molar-refractivity contribution < 1.29 is 9.59 Å². The lowest BCUT2D eigenvalue weighted by molar-refractivity contribution is -0.124. The zero-order valence-corrected chi connectivity index (χ0v) is 9.58. The van der Waals surface area contributed by atoms with Gasteiger partial charge in [-0.25, -0.2) is 0 Å². The summed E-state index contributed by atoms with van der Waals surface area (Å²) in [5, 5.41) is 0. The Bertz CT molecular complexity index is 167. The molecule has 0 radical (unpaired) electrons. The maximum Gasteiger partial charge on any atom is 0.135 e. The molecule has 0 aromatic carbocycles. The van der Waals surface area contributed by atoms with Crippen molar-refractivity contribution in [3.63, 3.8) is 0 Å². The van der Waals surface area contributed by atoms with Gasteiger partial charge < -0.3 is 4.79 Å². The second kappa shape index (κ2) is 7.72. The van der Waals surface area contributed by atoms with Gasteiger partial charge in [0.05, 0.1) is 0 Å². The lowest BCUT2D eigenvalue weighted by Gasteiger charge is -2.23. The van der Waals surface area contributed by atoms with Crippen LogP contribution in [0.1, 0.15) is 52.9 Å². The van der Waals surface area contributed by atoms with Gasteiger partial charge in [0, 0.05) is 18.3 Å². The van der Waals surface area contributed by atoms with E-state index in [9.17, 15) is 9.59 Å². The SMILES string of the molecule is CC.CCC(=O)C1CCC(C=O)CC1. The molecule has 2 heteroatoms. The molecule has 1 saturated carbocycles. The minimum atomic E-state index is 0.228. The number of aldehydes is 1. The lowest BCUT2D eigenvalue weighted by Crippen LogP contribution is -2.21. The van der Waals surface area contributed by atoms with Crippen molar-refractivity contribution in [2.45, 2.75) is 52.9 Å². The number of rotatable bonds is 3. The van der Waals surface area contributed by atoms with E-state index in [-0.39, 0.29) is 11.8 Å². The summed E-state index contributed by atoms with van der Waals surface area (Å²) in [6, 6.07) is 0. The number of hydrogen-bond acceptors (Lipinski definition) is 2. The second-order valence-corrected chi connectivity index (χ2v) is 3.57. The second-order valence-electron chi connectivity index (χ2n) is 3.57. The van der Waals surface area contributed by atoms with Crippen molar-refractivity contribution >= 4 is 12.1 Å². The van der Waals surface area contributed by atoms with Gasteiger partial charge in [-0.15, -0.1) is 0 Å². The highest BCUT2D eigenvalue weighted by Gasteiger charge is 2.24. The van der Waals surface area contributed by atoms with Crippen LogP contribution in [-0.2, 0) is 9.59 Å². The summed E-state index contributed by atoms with van der Waals surface area (Å²) in [5.41, 5.74) is 0. The number of Topliss-reactive ketones (excluding diaryl/α,β-unsaturated/α-hetero) is 1. The summed E-state index contributed by atoms with van der Waals surface area (Å²) in [6.07, 6.45) is 5.37. The largest absolute Gasteiger partial charge is 0.303 e. The fourth-order valence-electron chi connectivity index (χ4n) is 1.87. The molecule has 0 aromatic heterocycles. The highest BCUT2D eigenvalue weighted by molar-refractivity contribution is 5.80. The predicted molar refractivity (Wildman–Crippen MR) is 58.2 cm³/mol. The molecule has 0 unspecified atom stereocenters. The van der Waals surface area contributed by atoms with E-state index in [1.165, 1.54) is 0 Å². The predicted octanol–water partition coefficient (Wildman–Crippen LogP) is 3.00. The summed E-state index contributed by atoms with van der Waals surface area (Å²) in [4.78, 5) is 21.7. The molecule has 0 heterocycles. The molecule has 0 amide bonds. The Labute approximate surface area is 87.1 Å². The molecule has 0 aromatic rings. The Hall–Kier alpha value is -0.660. The summed E-state index contributed by atoms with van der Waals surface area (Å²) in [7, 11) is 0. The molecule has 2 nitrogen and oxygen atoms in total. The summed E-state index contributed by atoms with van der Waals surface area (Å²) in [5.74, 6) is 0.858. The van der Waals surface area contributed by atoms with Crippen LogP contribution in [0.4, 0.5) is 0 Å². The van der Waals surface area contributed by atoms with Gasteiger partial charge in [0.1, 0.15) is 12.1 Å². The average Bonchev–Trinajstić information content (AvgIpc) is 2.31. The number of carbonyl (C=O) groups is 2. The van der Waals surface area contributed by atoms with Crippen molar-refractivity contribution in [2.24, 2.45) is 11.8 Å². The number of ketones is 1. The highest BCUT2D eigenvalue weighted by atomic mass is 16.1. The van der Waals surface area contributed by atoms with Gasteiger partial charge in [0.2, 0.25) is 0 Å². The topological polar surface area (TPSA) is 34.1 Å². The minimum Gasteiger partial charge on any atom is -0.303 e. The standard InChI is InChI=1S/C10H16O2.C2H6/c1-2-10(12)9-5-3-8(7-11)4-6-9;1-2/h7-9H,2-6H2,1H3;1-2H3. The van der Waals surface area contributed by atoms with Gasteiger partial charge in [-0.3, -0.25) is 4.79 Å². The molecular formula is C12H22O2. The number of hydrogen-bond donors (Lipinski definition) is 0. The molecule has 0 N–H and O–H groups in total. The van der Waals surface area contributed by atoms with Crippen LogP contribution in [0.3, 0.4) is 0 Å². The fourth-order valence-corrected chi connectivity index (χ4v) is 1.87. The molecule has 82 valence electrons. The molecule has 0 atom stereocenters. The van der Waals surface area contributed by atoms with Crippen molar-refractivity contribution in [1.82, 2.24) is 0 Å². The van der Waals surface area contributed by atoms with Crippen LogP contribution in [0.2, 0.25) is 0 Å². The molecule has 1 rings (SSSR count). The van der Waals surface area contributed by atoms with Crippen LogP contribution < -0.4 is 0 Å². The Morgan fingerprint density at radius 2 is 1.71 bits per heavy atom. The van der Waals surface area contributed by atoms with Crippen molar-refractivity contribution in [1.29, 1.82) is 0 Å². The summed E-state index contributed by atoms with van der Waals surface area (Å²) >= 11 is 0. The van der Waals surface area contributed by atoms with E-state index in [4.69, 9.17) is 0 Å². The van der Waals surface area contributed by atoms with E-state index in [0.29, 0.717) is 12.2 Å². The molecule has 0 bridgehead atoms. The van der Waals surface area contributed by atoms with Gasteiger partial charge in [-0.2, -0.15) is 0 Å². The van der Waals surface area contributed by atoms with Crippen LogP contribution in [0.5, 0.6) is 0 Å². The van der Waals surface area contributed by atoms with Crippen LogP contribution >= 0.6 is 0 Å². The van der Waals surface area contributed by atoms with Gasteiger partial charge >= 0.3 is 0 Å². The Morgan fingerprint density at radius 3 is 2.07 bits per heavy atom. The Morgan fingerprint density at radius 1 is 1.21 bits per heavy atom. The van der Waals surface area contributed by atoms with Crippen molar-refractivity contribution in [3.05, 3.63) is 0 Å². The quantitative estimate of drug-likeness (QED) is 0.653. The molecule has 1 aliphatic rings. The van der Waals surface area contributed by atoms with Crippen LogP contribution in [0.15, 0.2) is 0 Å². The highest BCUT2D eigenvalue weighted by Crippen LogP contribution is 2.28. The van der Waals surface area contributed by atoms with Gasteiger partial charge in [0.25, 0.3) is 0 Å². The van der Waals surface area contributed by atoms with Gasteiger partial charge in [-0.05, 0) is 25.7 Å². The molecule has 1 aliphatic carbocycles. The molecule has 0 spiro atoms. The maximum atomic E-state index is 11.3.